The molecule has 4 nitrogen and oxygen atoms in total. The van der Waals surface area contributed by atoms with Crippen LogP contribution in [-0.4, -0.2) is 31.2 Å². The Bertz CT molecular complexity index is 480. The number of halogens is 1. The Balaban J connectivity index is 2.66. The minimum atomic E-state index is -0.299. The molecule has 0 fully saturated rings. The van der Waals surface area contributed by atoms with E-state index in [1.807, 2.05) is 24.9 Å². The highest BCUT2D eigenvalue weighted by molar-refractivity contribution is 5.73. The normalized spacial score (nSPS) is 12.2. The second-order valence-electron chi connectivity index (χ2n) is 5.92. The number of unbranched alkanes of at least 4 members (excludes halogenated alkanes) is 1. The molecule has 1 unspecified atom stereocenters. The van der Waals surface area contributed by atoms with Crippen molar-refractivity contribution in [2.45, 2.75) is 39.0 Å². The molecule has 0 saturated carbocycles. The predicted octanol–water partition coefficient (Wildman–Crippen LogP) is 2.48. The number of hydrogen-bond acceptors (Lipinski definition) is 3. The minimum Gasteiger partial charge on any atom is -0.396 e. The lowest BCUT2D eigenvalue weighted by molar-refractivity contribution is -0.118. The van der Waals surface area contributed by atoms with Crippen LogP contribution in [0.3, 0.4) is 0 Å². The first kappa shape index (κ1) is 18.4. The number of amides is 1. The van der Waals surface area contributed by atoms with Crippen molar-refractivity contribution in [2.75, 3.05) is 25.1 Å². The number of primary amides is 1. The number of anilines is 1. The molecule has 0 bridgehead atoms. The third kappa shape index (κ3) is 6.02. The van der Waals surface area contributed by atoms with Crippen molar-refractivity contribution in [3.05, 3.63) is 29.6 Å². The van der Waals surface area contributed by atoms with Gasteiger partial charge in [-0.25, -0.2) is 4.39 Å². The maximum absolute atomic E-state index is 14.5. The van der Waals surface area contributed by atoms with Crippen molar-refractivity contribution >= 4 is 11.6 Å². The second kappa shape index (κ2) is 9.41. The third-order valence-corrected chi connectivity index (χ3v) is 3.79. The number of carbonyl (C=O) groups is 1. The minimum absolute atomic E-state index is 0.137. The van der Waals surface area contributed by atoms with E-state index in [2.05, 4.69) is 0 Å². The maximum atomic E-state index is 14.5. The van der Waals surface area contributed by atoms with Crippen molar-refractivity contribution in [1.82, 2.24) is 0 Å². The zero-order chi connectivity index (χ0) is 16.5. The predicted molar refractivity (Wildman–Crippen MR) is 87.3 cm³/mol. The first-order valence-corrected chi connectivity index (χ1v) is 7.83. The van der Waals surface area contributed by atoms with E-state index in [1.165, 1.54) is 0 Å². The van der Waals surface area contributed by atoms with Crippen molar-refractivity contribution in [3.63, 3.8) is 0 Å². The Morgan fingerprint density at radius 1 is 1.41 bits per heavy atom. The van der Waals surface area contributed by atoms with E-state index in [-0.39, 0.29) is 24.2 Å². The summed E-state index contributed by atoms with van der Waals surface area (Å²) in [5.74, 6) is -0.230. The highest BCUT2D eigenvalue weighted by Gasteiger charge is 2.14. The topological polar surface area (TPSA) is 66.6 Å². The van der Waals surface area contributed by atoms with Gasteiger partial charge in [0.15, 0.2) is 0 Å². The molecule has 0 aliphatic heterocycles. The zero-order valence-corrected chi connectivity index (χ0v) is 13.5. The van der Waals surface area contributed by atoms with Crippen LogP contribution in [0, 0.1) is 11.7 Å². The van der Waals surface area contributed by atoms with Gasteiger partial charge >= 0.3 is 0 Å². The van der Waals surface area contributed by atoms with Crippen molar-refractivity contribution in [3.8, 4) is 0 Å². The van der Waals surface area contributed by atoms with E-state index in [0.29, 0.717) is 43.5 Å². The molecule has 1 aromatic rings. The van der Waals surface area contributed by atoms with Crippen LogP contribution in [-0.2, 0) is 11.2 Å². The van der Waals surface area contributed by atoms with Gasteiger partial charge in [0, 0.05) is 26.6 Å². The number of aliphatic hydroxyl groups is 1. The van der Waals surface area contributed by atoms with E-state index in [4.69, 9.17) is 10.8 Å². The van der Waals surface area contributed by atoms with Gasteiger partial charge in [0.05, 0.1) is 5.69 Å². The van der Waals surface area contributed by atoms with Gasteiger partial charge in [0.2, 0.25) is 5.91 Å². The summed E-state index contributed by atoms with van der Waals surface area (Å²) in [6.45, 7) is 2.84. The molecule has 1 rings (SSSR count). The second-order valence-corrected chi connectivity index (χ2v) is 5.92. The molecule has 3 N–H and O–H groups in total. The van der Waals surface area contributed by atoms with Crippen LogP contribution < -0.4 is 10.6 Å². The average molecular weight is 310 g/mol. The summed E-state index contributed by atoms with van der Waals surface area (Å²) in [5.41, 5.74) is 6.41. The molecule has 1 aromatic carbocycles. The van der Waals surface area contributed by atoms with Crippen LogP contribution in [0.15, 0.2) is 18.2 Å². The van der Waals surface area contributed by atoms with Crippen LogP contribution in [0.4, 0.5) is 10.1 Å². The summed E-state index contributed by atoms with van der Waals surface area (Å²) >= 11 is 0. The third-order valence-electron chi connectivity index (χ3n) is 3.79. The monoisotopic (exact) mass is 310 g/mol. The van der Waals surface area contributed by atoms with E-state index < -0.39 is 0 Å². The number of nitrogens with two attached hydrogens (primary N) is 1. The van der Waals surface area contributed by atoms with Crippen molar-refractivity contribution in [2.24, 2.45) is 11.7 Å². The van der Waals surface area contributed by atoms with Crippen LogP contribution >= 0.6 is 0 Å². The van der Waals surface area contributed by atoms with E-state index in [0.717, 1.165) is 6.42 Å². The molecule has 0 aromatic heterocycles. The summed E-state index contributed by atoms with van der Waals surface area (Å²) in [6, 6.07) is 5.42. The van der Waals surface area contributed by atoms with Gasteiger partial charge in [-0.1, -0.05) is 19.1 Å². The first-order valence-electron chi connectivity index (χ1n) is 7.83. The smallest absolute Gasteiger partial charge is 0.217 e. The molecule has 0 heterocycles. The fourth-order valence-electron chi connectivity index (χ4n) is 2.53. The summed E-state index contributed by atoms with van der Waals surface area (Å²) < 4.78 is 14.5. The molecule has 124 valence electrons. The van der Waals surface area contributed by atoms with E-state index in [9.17, 15) is 9.18 Å². The number of nitrogens with zero attached hydrogens (tertiary/aromatic N) is 1. The van der Waals surface area contributed by atoms with Gasteiger partial charge < -0.3 is 15.7 Å². The number of carbonyl (C=O) groups excluding carboxylic acids is 1. The molecule has 0 aliphatic rings. The molecule has 5 heteroatoms. The molecule has 0 radical (unpaired) electrons. The zero-order valence-electron chi connectivity index (χ0n) is 13.5. The SMILES string of the molecule is CC(CCC(N)=O)CN(C)c1cccc(CCCCO)c1F. The number of aryl methyl sites for hydroxylation is 1. The summed E-state index contributed by atoms with van der Waals surface area (Å²) in [5, 5.41) is 8.81. The molecule has 1 atom stereocenters. The lowest BCUT2D eigenvalue weighted by atomic mass is 10.0. The van der Waals surface area contributed by atoms with Crippen LogP contribution in [0.25, 0.3) is 0 Å². The Labute approximate surface area is 132 Å². The maximum Gasteiger partial charge on any atom is 0.217 e. The number of benzene rings is 1. The van der Waals surface area contributed by atoms with Gasteiger partial charge in [-0.3, -0.25) is 4.79 Å². The average Bonchev–Trinajstić information content (AvgIpc) is 2.47. The Morgan fingerprint density at radius 3 is 2.77 bits per heavy atom. The highest BCUT2D eigenvalue weighted by Crippen LogP contribution is 2.24. The van der Waals surface area contributed by atoms with Gasteiger partial charge in [0.25, 0.3) is 0 Å². The Morgan fingerprint density at radius 2 is 2.14 bits per heavy atom. The van der Waals surface area contributed by atoms with Crippen LogP contribution in [0.5, 0.6) is 0 Å². The number of aliphatic hydroxyl groups excluding tert-OH is 1. The Kier molecular flexibility index (Phi) is 7.88. The van der Waals surface area contributed by atoms with Gasteiger partial charge in [-0.05, 0) is 43.2 Å². The summed E-state index contributed by atoms with van der Waals surface area (Å²) in [7, 11) is 1.86. The standard InChI is InChI=1S/C17H27FN2O2/c1-13(9-10-16(19)22)12-20(2)15-8-5-7-14(17(15)18)6-3-4-11-21/h5,7-8,13,21H,3-4,6,9-12H2,1-2H3,(H2,19,22). The molecule has 22 heavy (non-hydrogen) atoms. The van der Waals surface area contributed by atoms with E-state index >= 15 is 0 Å². The van der Waals surface area contributed by atoms with Gasteiger partial charge in [0.1, 0.15) is 5.82 Å². The first-order chi connectivity index (χ1) is 10.5. The van der Waals surface area contributed by atoms with Gasteiger partial charge in [-0.15, -0.1) is 0 Å². The fraction of sp³-hybridized carbons (Fsp3) is 0.588. The van der Waals surface area contributed by atoms with Crippen molar-refractivity contribution in [1.29, 1.82) is 0 Å². The van der Waals surface area contributed by atoms with Gasteiger partial charge in [-0.2, -0.15) is 0 Å². The van der Waals surface area contributed by atoms with Crippen LogP contribution in [0.2, 0.25) is 0 Å². The number of hydrogen-bond donors (Lipinski definition) is 2. The number of rotatable bonds is 10. The lowest BCUT2D eigenvalue weighted by Gasteiger charge is -2.24. The Hall–Kier alpha value is -1.62. The lowest BCUT2D eigenvalue weighted by Crippen LogP contribution is -2.26. The molecule has 0 saturated heterocycles. The van der Waals surface area contributed by atoms with E-state index in [1.54, 1.807) is 12.1 Å². The quantitative estimate of drug-likeness (QED) is 0.652. The summed E-state index contributed by atoms with van der Waals surface area (Å²) in [4.78, 5) is 12.7. The molecular weight excluding hydrogens is 283 g/mol. The molecular formula is C17H27FN2O2. The molecule has 0 aliphatic carbocycles. The van der Waals surface area contributed by atoms with Crippen LogP contribution in [0.1, 0.15) is 38.2 Å². The molecule has 1 amide bonds. The highest BCUT2D eigenvalue weighted by atomic mass is 19.1. The fourth-order valence-corrected chi connectivity index (χ4v) is 2.53. The van der Waals surface area contributed by atoms with Crippen molar-refractivity contribution < 1.29 is 14.3 Å². The summed E-state index contributed by atoms with van der Waals surface area (Å²) in [6.07, 6.45) is 3.15. The molecule has 0 spiro atoms. The largest absolute Gasteiger partial charge is 0.396 e.